The number of hydrogen-bond acceptors (Lipinski definition) is 20. The van der Waals surface area contributed by atoms with Crippen LogP contribution in [0.1, 0.15) is 163 Å². The molecule has 12 N–H and O–H groups in total. The molecule has 143 heavy (non-hydrogen) atoms. The minimum atomic E-state index is -1.01. The highest BCUT2D eigenvalue weighted by atomic mass is 32.2. The number of nitrogens with one attached hydrogen (secondary N) is 7. The Morgan fingerprint density at radius 2 is 0.720 bits per heavy atom. The minimum absolute atomic E-state index is 0.158. The van der Waals surface area contributed by atoms with Gasteiger partial charge in [-0.15, -0.1) is 0 Å². The summed E-state index contributed by atoms with van der Waals surface area (Å²) in [5.41, 5.74) is 21.6. The first-order valence-electron chi connectivity index (χ1n) is 45.0. The number of carboxylic acids is 1. The SMILES string of the molecule is CN(C(=O)OC(C)(C)C)c1ccccc1CN.CN(C(=O)OC(C)(C)C)c1ccccc1CNC(=O)c1ccc2c(c1)NC(=O)c1ccccc1S2.CNc1ccccc1CNC(=O)c1ccc2c(c1)NC(=O)c1ccccc1S2.O=C(O)c1ccc2c(c1)NC(=O)c1ccccc1S2.[2H]CF.[C-]#[N+]c1ccccc1N.[C-]#[N+]c1ccccc1N(C)C(=O)OC(C)(C)C.[C-]#[N+]c1ccccc1NC(=O)OC(C)(C)C. The van der Waals surface area contributed by atoms with Crippen LogP contribution < -0.4 is 63.4 Å². The molecule has 9 amide bonds. The minimum Gasteiger partial charge on any atom is -0.478 e. The zero-order chi connectivity index (χ0) is 106. The number of nitrogen functional groups attached to an aromatic ring is 1. The van der Waals surface area contributed by atoms with Crippen molar-refractivity contribution in [3.63, 3.8) is 0 Å². The summed E-state index contributed by atoms with van der Waals surface area (Å²) in [4.78, 5) is 141. The molecule has 0 unspecified atom stereocenters. The van der Waals surface area contributed by atoms with Crippen molar-refractivity contribution >= 4 is 163 Å². The summed E-state index contributed by atoms with van der Waals surface area (Å²) in [6.07, 6.45) is -1.87. The van der Waals surface area contributed by atoms with E-state index in [9.17, 15) is 52.3 Å². The van der Waals surface area contributed by atoms with Gasteiger partial charge in [-0.05, 0) is 221 Å². The number of carbonyl (C=O) groups excluding carboxylic acids is 9. The van der Waals surface area contributed by atoms with Gasteiger partial charge in [-0.2, -0.15) is 0 Å². The lowest BCUT2D eigenvalue weighted by atomic mass is 10.1. The largest absolute Gasteiger partial charge is 0.478 e. The topological polar surface area (TPSA) is 387 Å². The smallest absolute Gasteiger partial charge is 0.414 e. The molecule has 12 aromatic carbocycles. The molecule has 0 radical (unpaired) electrons. The van der Waals surface area contributed by atoms with Crippen molar-refractivity contribution in [3.8, 4) is 0 Å². The number of nitrogens with zero attached hydrogens (tertiary/aromatic N) is 6. The molecule has 0 spiro atoms. The van der Waals surface area contributed by atoms with E-state index in [0.717, 1.165) is 57.4 Å². The van der Waals surface area contributed by atoms with Crippen LogP contribution in [0.2, 0.25) is 0 Å². The van der Waals surface area contributed by atoms with E-state index >= 15 is 0 Å². The lowest BCUT2D eigenvalue weighted by Gasteiger charge is -2.26. The molecule has 0 fully saturated rings. The molecule has 34 heteroatoms. The van der Waals surface area contributed by atoms with E-state index in [4.69, 9.17) is 56.6 Å². The number of hydrogen-bond donors (Lipinski definition) is 10. The predicted molar refractivity (Wildman–Crippen MR) is 564 cm³/mol. The van der Waals surface area contributed by atoms with E-state index in [0.29, 0.717) is 97.8 Å². The first kappa shape index (κ1) is 110. The third kappa shape index (κ3) is 34.0. The Balaban J connectivity index is 0.000000211. The zero-order valence-corrected chi connectivity index (χ0v) is 84.4. The quantitative estimate of drug-likeness (QED) is 0.0291. The number of carbonyl (C=O) groups is 10. The van der Waals surface area contributed by atoms with Crippen LogP contribution in [0.4, 0.5) is 91.8 Å². The number of benzene rings is 12. The standard InChI is InChI=1S/C27H27N3O4S.C22H19N3O2S.C14H9NO3S.C13H16N2O2.C13H20N2O2.C12H14N2O2.C7H6N2.CH3F/c1-27(2,3)34-26(33)30(4)21-11-7-5-9-18(21)16-28-24(31)17-13-14-23-20(15-17)29-25(32)19-10-6-8-12-22(19)35-23;1-23-17-8-4-2-6-15(17)13-24-21(26)14-10-11-20-18(12-14)25-22(27)16-7-3-5-9-19(16)28-20;16-13-9-3-1-2-4-11(9)19-12-6-5-8(14(17)18)7-10(12)15-13;1-13(2,3)17-12(16)15(5)11-9-7-6-8-10(11)14-4;1-13(2,3)17-12(16)15(4)11-8-6-5-7-10(11)9-14;1-12(2,3)16-11(15)14-10-8-6-5-7-9(10)13-4;1-9-7-5-3-2-4-6(7)8;1-2/h5-15H,16H2,1-4H3,(H,28,31)(H,29,32);2-12,23H,13H2,1H3,(H,24,26)(H,25,27);1-7H,(H,15,16)(H,17,18);6-9H,1-3,5H3;5-8H,9,14H2,1-4H3;5-8H,1-3H3,(H,14,15);2-5H,8H2;1H3/i;;;;;;;1D. The average Bonchev–Trinajstić information content (AvgIpc) is 1.80. The van der Waals surface area contributed by atoms with E-state index < -0.39 is 53.8 Å². The third-order valence-corrected chi connectivity index (χ3v) is 23.1. The van der Waals surface area contributed by atoms with Crippen molar-refractivity contribution in [1.29, 1.82) is 0 Å². The van der Waals surface area contributed by atoms with Gasteiger partial charge < -0.3 is 72.7 Å². The van der Waals surface area contributed by atoms with Gasteiger partial charge in [0.25, 0.3) is 29.5 Å². The molecule has 740 valence electrons. The summed E-state index contributed by atoms with van der Waals surface area (Å²) in [6, 6.07) is 81.0. The van der Waals surface area contributed by atoms with E-state index in [1.807, 2.05) is 182 Å². The van der Waals surface area contributed by atoms with Crippen LogP contribution in [0.15, 0.2) is 302 Å². The molecule has 12 aromatic rings. The van der Waals surface area contributed by atoms with Crippen LogP contribution in [0.25, 0.3) is 14.5 Å². The van der Waals surface area contributed by atoms with Gasteiger partial charge in [0.05, 0.1) is 84.6 Å². The normalized spacial score (nSPS) is 11.6. The second-order valence-electron chi connectivity index (χ2n) is 35.0. The molecule has 0 saturated heterocycles. The molecule has 3 aliphatic heterocycles. The van der Waals surface area contributed by atoms with Gasteiger partial charge >= 0.3 is 30.3 Å². The van der Waals surface area contributed by atoms with E-state index in [1.54, 1.807) is 190 Å². The van der Waals surface area contributed by atoms with Gasteiger partial charge in [0.15, 0.2) is 0 Å². The van der Waals surface area contributed by atoms with Crippen molar-refractivity contribution in [2.24, 2.45) is 5.73 Å². The summed E-state index contributed by atoms with van der Waals surface area (Å²) < 4.78 is 36.6. The average molecular weight is 1990 g/mol. The Labute approximate surface area is 846 Å². The van der Waals surface area contributed by atoms with Gasteiger partial charge in [-0.25, -0.2) is 38.5 Å². The number of anilines is 9. The van der Waals surface area contributed by atoms with E-state index in [1.165, 1.54) is 62.1 Å². The van der Waals surface area contributed by atoms with Crippen LogP contribution in [0.5, 0.6) is 0 Å². The number of aromatic carboxylic acids is 1. The molecule has 0 saturated carbocycles. The highest BCUT2D eigenvalue weighted by Gasteiger charge is 2.29. The van der Waals surface area contributed by atoms with Gasteiger partial charge in [-0.1, -0.05) is 187 Å². The number of para-hydroxylation sites is 9. The molecule has 0 atom stereocenters. The number of carboxylic acid groups (broad SMARTS) is 1. The Kier molecular flexibility index (Phi) is 40.5. The van der Waals surface area contributed by atoms with Crippen molar-refractivity contribution < 1.29 is 77.8 Å². The summed E-state index contributed by atoms with van der Waals surface area (Å²) in [6.45, 7) is 43.4. The number of alkyl halides is 1. The monoisotopic (exact) mass is 1990 g/mol. The molecular weight excluding hydrogens is 1870 g/mol. The van der Waals surface area contributed by atoms with Crippen molar-refractivity contribution in [3.05, 3.63) is 357 Å². The first-order chi connectivity index (χ1) is 68.3. The Bertz CT molecular complexity index is 6760. The van der Waals surface area contributed by atoms with Gasteiger partial charge in [0.1, 0.15) is 22.4 Å². The van der Waals surface area contributed by atoms with Crippen LogP contribution in [-0.4, -0.2) is 123 Å². The van der Waals surface area contributed by atoms with Crippen molar-refractivity contribution in [2.45, 2.75) is 154 Å². The molecule has 3 aliphatic rings. The summed E-state index contributed by atoms with van der Waals surface area (Å²) in [7, 11) is 5.77. The van der Waals surface area contributed by atoms with Crippen LogP contribution >= 0.6 is 35.3 Å². The number of fused-ring (bicyclic) bond motifs is 6. The summed E-state index contributed by atoms with van der Waals surface area (Å²) in [5, 5.41) is 29.1. The fourth-order valence-corrected chi connectivity index (χ4v) is 16.0. The number of halogens is 1. The Morgan fingerprint density at radius 1 is 0.406 bits per heavy atom. The lowest BCUT2D eigenvalue weighted by Crippen LogP contribution is -2.35. The molecule has 3 heterocycles. The molecular formula is C109H114FN15O15S3. The second-order valence-corrected chi connectivity index (χ2v) is 38.2. The van der Waals surface area contributed by atoms with E-state index in [-0.39, 0.29) is 47.7 Å². The zero-order valence-electron chi connectivity index (χ0n) is 82.9. The number of amides is 9. The molecule has 30 nitrogen and oxygen atoms in total. The third-order valence-electron chi connectivity index (χ3n) is 19.7. The van der Waals surface area contributed by atoms with Crippen molar-refractivity contribution in [1.82, 2.24) is 10.6 Å². The maximum Gasteiger partial charge on any atom is 0.414 e. The molecule has 0 bridgehead atoms. The van der Waals surface area contributed by atoms with E-state index in [2.05, 4.69) is 51.8 Å². The van der Waals surface area contributed by atoms with Crippen LogP contribution in [-0.2, 0) is 38.6 Å². The molecule has 15 rings (SSSR count). The van der Waals surface area contributed by atoms with Crippen LogP contribution in [0, 0.1) is 19.7 Å². The Morgan fingerprint density at radius 3 is 1.10 bits per heavy atom. The summed E-state index contributed by atoms with van der Waals surface area (Å²) in [5.74, 6) is -2.07. The first-order valence-corrected chi connectivity index (χ1v) is 46.7. The molecule has 0 aromatic heterocycles. The van der Waals surface area contributed by atoms with Gasteiger partial charge in [0.2, 0.25) is 17.1 Å². The highest BCUT2D eigenvalue weighted by molar-refractivity contribution is 8.00. The fourth-order valence-electron chi connectivity index (χ4n) is 13.0. The fraction of sp³-hybridized carbons (Fsp3) is 0.220. The highest BCUT2D eigenvalue weighted by Crippen LogP contribution is 2.43. The lowest BCUT2D eigenvalue weighted by molar-refractivity contribution is 0.0578. The predicted octanol–water partition coefficient (Wildman–Crippen LogP) is 25.3. The maximum absolute atomic E-state index is 13.0. The maximum atomic E-state index is 13.0. The van der Waals surface area contributed by atoms with Crippen molar-refractivity contribution in [2.75, 3.05) is 82.4 Å². The second kappa shape index (κ2) is 52.5. The Hall–Kier alpha value is -16.5. The van der Waals surface area contributed by atoms with Gasteiger partial charge in [-0.3, -0.25) is 43.1 Å². The summed E-state index contributed by atoms with van der Waals surface area (Å²) >= 11 is 4.46. The number of ether oxygens (including phenoxy) is 4. The van der Waals surface area contributed by atoms with Crippen LogP contribution in [0.3, 0.4) is 0 Å². The van der Waals surface area contributed by atoms with Gasteiger partial charge in [0, 0.05) is 105 Å². The number of nitrogens with two attached hydrogens (primary N) is 2. The molecule has 0 aliphatic carbocycles. The number of rotatable bonds is 13.